The first kappa shape index (κ1) is 22.2. The van der Waals surface area contributed by atoms with Gasteiger partial charge in [0.2, 0.25) is 0 Å². The second-order valence-electron chi connectivity index (χ2n) is 6.20. The van der Waals surface area contributed by atoms with Crippen LogP contribution in [-0.2, 0) is 0 Å². The summed E-state index contributed by atoms with van der Waals surface area (Å²) in [4.78, 5) is 26.5. The van der Waals surface area contributed by atoms with Crippen molar-refractivity contribution in [1.29, 1.82) is 0 Å². The minimum atomic E-state index is 0.405. The first-order valence-electron chi connectivity index (χ1n) is 9.25. The number of nitrogens with zero attached hydrogens (tertiary/aromatic N) is 7. The number of nitrogens with one attached hydrogen (secondary N) is 2. The third-order valence-corrected chi connectivity index (χ3v) is 4.65. The zero-order chi connectivity index (χ0) is 21.2. The van der Waals surface area contributed by atoms with Gasteiger partial charge in [-0.15, -0.1) is 0 Å². The molecular weight excluding hydrogens is 449 g/mol. The van der Waals surface area contributed by atoms with E-state index in [-0.39, 0.29) is 0 Å². The van der Waals surface area contributed by atoms with Crippen molar-refractivity contribution >= 4 is 52.3 Å². The first-order valence-corrected chi connectivity index (χ1v) is 10.4. The van der Waals surface area contributed by atoms with Crippen molar-refractivity contribution in [3.8, 4) is 0 Å². The van der Waals surface area contributed by atoms with E-state index >= 15 is 0 Å². The summed E-state index contributed by atoms with van der Waals surface area (Å²) in [6.45, 7) is 3.00. The Hall–Kier alpha value is -2.49. The Balaban J connectivity index is 1.50. The van der Waals surface area contributed by atoms with Crippen molar-refractivity contribution in [3.63, 3.8) is 0 Å². The molecule has 3 heterocycles. The van der Waals surface area contributed by atoms with E-state index in [0.717, 1.165) is 44.8 Å². The number of hydrogen-bond acceptors (Lipinski definition) is 9. The molecule has 2 N–H and O–H groups in total. The van der Waals surface area contributed by atoms with Crippen LogP contribution < -0.4 is 15.5 Å². The topological polar surface area (TPSA) is 105 Å². The normalized spacial score (nSPS) is 10.6. The highest BCUT2D eigenvalue weighted by Crippen LogP contribution is 2.16. The molecule has 0 radical (unpaired) electrons. The smallest absolute Gasteiger partial charge is 0.134 e. The van der Waals surface area contributed by atoms with Crippen molar-refractivity contribution < 1.29 is 0 Å². The largest absolute Gasteiger partial charge is 0.370 e. The van der Waals surface area contributed by atoms with Crippen molar-refractivity contribution in [2.24, 2.45) is 0 Å². The fourth-order valence-corrected chi connectivity index (χ4v) is 3.11. The Morgan fingerprint density at radius 1 is 0.633 bits per heavy atom. The van der Waals surface area contributed by atoms with E-state index in [2.05, 4.69) is 45.4 Å². The minimum Gasteiger partial charge on any atom is -0.370 e. The molecule has 9 nitrogen and oxygen atoms in total. The molecule has 0 aliphatic heterocycles. The Morgan fingerprint density at radius 2 is 1.10 bits per heavy atom. The third-order valence-electron chi connectivity index (χ3n) is 4.03. The Bertz CT molecular complexity index is 891. The van der Waals surface area contributed by atoms with E-state index in [1.165, 1.54) is 19.0 Å². The Kier molecular flexibility index (Phi) is 8.61. The number of hydrogen-bond donors (Lipinski definition) is 2. The highest BCUT2D eigenvalue weighted by molar-refractivity contribution is 6.30. The van der Waals surface area contributed by atoms with Crippen molar-refractivity contribution in [2.45, 2.75) is 12.8 Å². The molecule has 12 heteroatoms. The SMILES string of the molecule is Clc1cc(NCCCN(CCCNc2cc(Cl)ncn2)c2cc(Cl)ncn2)ncn1. The van der Waals surface area contributed by atoms with Crippen LogP contribution in [0.4, 0.5) is 17.5 Å². The number of aromatic nitrogens is 6. The monoisotopic (exact) mass is 467 g/mol. The van der Waals surface area contributed by atoms with Crippen molar-refractivity contribution in [1.82, 2.24) is 29.9 Å². The van der Waals surface area contributed by atoms with Crippen molar-refractivity contribution in [2.75, 3.05) is 41.7 Å². The van der Waals surface area contributed by atoms with Gasteiger partial charge >= 0.3 is 0 Å². The van der Waals surface area contributed by atoms with Crippen LogP contribution in [0.5, 0.6) is 0 Å². The summed E-state index contributed by atoms with van der Waals surface area (Å²) in [7, 11) is 0. The molecule has 0 aliphatic rings. The molecule has 0 aliphatic carbocycles. The van der Waals surface area contributed by atoms with Crippen LogP contribution in [0.2, 0.25) is 15.5 Å². The second kappa shape index (κ2) is 11.6. The zero-order valence-corrected chi connectivity index (χ0v) is 18.2. The minimum absolute atomic E-state index is 0.405. The lowest BCUT2D eigenvalue weighted by Gasteiger charge is -2.24. The van der Waals surface area contributed by atoms with Crippen molar-refractivity contribution in [3.05, 3.63) is 52.6 Å². The lowest BCUT2D eigenvalue weighted by Crippen LogP contribution is -2.29. The van der Waals surface area contributed by atoms with Crippen LogP contribution in [0.25, 0.3) is 0 Å². The predicted molar refractivity (Wildman–Crippen MR) is 120 cm³/mol. The van der Waals surface area contributed by atoms with Gasteiger partial charge in [0, 0.05) is 44.4 Å². The maximum absolute atomic E-state index is 6.05. The van der Waals surface area contributed by atoms with Gasteiger partial charge in [-0.05, 0) is 12.8 Å². The van der Waals surface area contributed by atoms with E-state index in [1.54, 1.807) is 18.2 Å². The highest BCUT2D eigenvalue weighted by atomic mass is 35.5. The van der Waals surface area contributed by atoms with Crippen LogP contribution in [0, 0.1) is 0 Å². The van der Waals surface area contributed by atoms with Crippen LogP contribution >= 0.6 is 34.8 Å². The van der Waals surface area contributed by atoms with E-state index in [9.17, 15) is 0 Å². The van der Waals surface area contributed by atoms with Gasteiger partial charge in [0.05, 0.1) is 0 Å². The van der Waals surface area contributed by atoms with Gasteiger partial charge in [-0.1, -0.05) is 34.8 Å². The molecular formula is C18H20Cl3N9. The summed E-state index contributed by atoms with van der Waals surface area (Å²) >= 11 is 17.8. The fourth-order valence-electron chi connectivity index (χ4n) is 2.67. The predicted octanol–water partition coefficient (Wildman–Crippen LogP) is 3.83. The molecule has 0 atom stereocenters. The molecule has 0 spiro atoms. The summed E-state index contributed by atoms with van der Waals surface area (Å²) in [6, 6.07) is 5.14. The summed E-state index contributed by atoms with van der Waals surface area (Å²) in [5.41, 5.74) is 0. The van der Waals surface area contributed by atoms with E-state index in [4.69, 9.17) is 34.8 Å². The molecule has 3 aromatic heterocycles. The molecule has 0 amide bonds. The lowest BCUT2D eigenvalue weighted by atomic mass is 10.3. The lowest BCUT2D eigenvalue weighted by molar-refractivity contribution is 0.707. The average Bonchev–Trinajstić information content (AvgIpc) is 2.73. The quantitative estimate of drug-likeness (QED) is 0.321. The molecule has 0 unspecified atom stereocenters. The van der Waals surface area contributed by atoms with Crippen LogP contribution in [0.1, 0.15) is 12.8 Å². The Morgan fingerprint density at radius 3 is 1.57 bits per heavy atom. The number of halogens is 3. The summed E-state index contributed by atoms with van der Waals surface area (Å²) in [5.74, 6) is 2.17. The second-order valence-corrected chi connectivity index (χ2v) is 7.36. The summed E-state index contributed by atoms with van der Waals surface area (Å²) < 4.78 is 0. The average molecular weight is 469 g/mol. The van der Waals surface area contributed by atoms with Gasteiger partial charge in [0.15, 0.2) is 0 Å². The van der Waals surface area contributed by atoms with Gasteiger partial charge in [-0.2, -0.15) is 0 Å². The number of anilines is 3. The fraction of sp³-hybridized carbons (Fsp3) is 0.333. The van der Waals surface area contributed by atoms with E-state index < -0.39 is 0 Å². The molecule has 3 rings (SSSR count). The molecule has 0 saturated carbocycles. The third kappa shape index (κ3) is 7.40. The van der Waals surface area contributed by atoms with Crippen LogP contribution in [-0.4, -0.2) is 56.1 Å². The van der Waals surface area contributed by atoms with Gasteiger partial charge in [0.25, 0.3) is 0 Å². The Labute approximate surface area is 189 Å². The van der Waals surface area contributed by atoms with Gasteiger partial charge in [0.1, 0.15) is 51.9 Å². The maximum atomic E-state index is 6.05. The first-order chi connectivity index (χ1) is 14.6. The van der Waals surface area contributed by atoms with Gasteiger partial charge in [-0.25, -0.2) is 29.9 Å². The standard InChI is InChI=1S/C18H20Cl3N9/c19-13-7-16(27-10-24-13)22-3-1-5-30(18-9-15(21)26-12-29-18)6-2-4-23-17-8-14(20)25-11-28-17/h7-12H,1-6H2,(H,22,24,27)(H,23,25,28). The van der Waals surface area contributed by atoms with Gasteiger partial charge in [-0.3, -0.25) is 0 Å². The zero-order valence-electron chi connectivity index (χ0n) is 16.0. The summed E-state index contributed by atoms with van der Waals surface area (Å²) in [5, 5.41) is 7.69. The summed E-state index contributed by atoms with van der Waals surface area (Å²) in [6.07, 6.45) is 6.04. The molecule has 0 bridgehead atoms. The highest BCUT2D eigenvalue weighted by Gasteiger charge is 2.09. The molecule has 30 heavy (non-hydrogen) atoms. The van der Waals surface area contributed by atoms with Crippen LogP contribution in [0.15, 0.2) is 37.2 Å². The molecule has 158 valence electrons. The van der Waals surface area contributed by atoms with E-state index in [0.29, 0.717) is 27.1 Å². The van der Waals surface area contributed by atoms with E-state index in [1.807, 2.05) is 0 Å². The maximum Gasteiger partial charge on any atom is 0.134 e. The molecule has 3 aromatic rings. The van der Waals surface area contributed by atoms with Crippen LogP contribution in [0.3, 0.4) is 0 Å². The molecule has 0 aromatic carbocycles. The molecule has 0 saturated heterocycles. The van der Waals surface area contributed by atoms with Gasteiger partial charge < -0.3 is 15.5 Å². The number of rotatable bonds is 11. The molecule has 0 fully saturated rings.